The lowest BCUT2D eigenvalue weighted by Gasteiger charge is -2.10. The van der Waals surface area contributed by atoms with Crippen LogP contribution in [-0.2, 0) is 0 Å². The number of hydrazone groups is 1. The van der Waals surface area contributed by atoms with Crippen LogP contribution in [0.1, 0.15) is 44.0 Å². The lowest BCUT2D eigenvalue weighted by Crippen LogP contribution is -2.17. The van der Waals surface area contributed by atoms with Crippen molar-refractivity contribution >= 4 is 29.7 Å². The third kappa shape index (κ3) is 6.06. The molecule has 0 radical (unpaired) electrons. The van der Waals surface area contributed by atoms with Crippen molar-refractivity contribution in [2.75, 3.05) is 11.9 Å². The van der Waals surface area contributed by atoms with Crippen LogP contribution in [0, 0.1) is 0 Å². The first-order chi connectivity index (χ1) is 17.5. The first kappa shape index (κ1) is 24.0. The van der Waals surface area contributed by atoms with Gasteiger partial charge in [-0.1, -0.05) is 0 Å². The number of nitrogens with one attached hydrogen (secondary N) is 2. The number of benzene rings is 2. The average molecular weight is 487 g/mol. The Morgan fingerprint density at radius 3 is 2.28 bits per heavy atom. The topological polar surface area (TPSA) is 132 Å². The molecule has 4 rings (SSSR count). The minimum Gasteiger partial charge on any atom is -0.490 e. The van der Waals surface area contributed by atoms with Crippen molar-refractivity contribution in [1.82, 2.24) is 5.43 Å². The minimum absolute atomic E-state index is 0.0683. The van der Waals surface area contributed by atoms with E-state index in [-0.39, 0.29) is 17.3 Å². The van der Waals surface area contributed by atoms with Crippen molar-refractivity contribution in [2.24, 2.45) is 5.10 Å². The van der Waals surface area contributed by atoms with E-state index < -0.39 is 17.8 Å². The van der Waals surface area contributed by atoms with Gasteiger partial charge in [0.05, 0.1) is 25.3 Å². The van der Waals surface area contributed by atoms with Gasteiger partial charge in [-0.2, -0.15) is 5.10 Å². The second kappa shape index (κ2) is 11.3. The van der Waals surface area contributed by atoms with Crippen LogP contribution in [0.3, 0.4) is 0 Å². The molecule has 0 spiro atoms. The fourth-order valence-corrected chi connectivity index (χ4v) is 3.04. The molecule has 36 heavy (non-hydrogen) atoms. The maximum Gasteiger partial charge on any atom is 0.379 e. The maximum absolute atomic E-state index is 12.4. The zero-order chi connectivity index (χ0) is 25.3. The molecule has 0 unspecified atom stereocenters. The number of hydrogen-bond acceptors (Lipinski definition) is 8. The molecule has 10 heteroatoms. The van der Waals surface area contributed by atoms with Crippen molar-refractivity contribution in [2.45, 2.75) is 6.92 Å². The molecule has 2 heterocycles. The molecular formula is C26H21N3O7. The highest BCUT2D eigenvalue weighted by Gasteiger charge is 2.15. The van der Waals surface area contributed by atoms with Crippen molar-refractivity contribution in [3.8, 4) is 11.5 Å². The molecule has 2 aromatic carbocycles. The summed E-state index contributed by atoms with van der Waals surface area (Å²) in [7, 11) is 0. The standard InChI is InChI=1S/C26H21N3O7/c1-2-33-23-15-17(7-12-20(23)36-26(32)22-6-4-14-35-22)16-27-29-24(30)18-8-10-19(11-9-18)28-25(31)21-5-3-13-34-21/h3-16H,2H2,1H3,(H,28,31)(H,29,30)/b27-16-. The highest BCUT2D eigenvalue weighted by Crippen LogP contribution is 2.29. The molecule has 0 aliphatic heterocycles. The first-order valence-corrected chi connectivity index (χ1v) is 10.8. The number of esters is 1. The van der Waals surface area contributed by atoms with Gasteiger partial charge in [0, 0.05) is 11.3 Å². The number of anilines is 1. The van der Waals surface area contributed by atoms with Crippen molar-refractivity contribution in [1.29, 1.82) is 0 Å². The number of nitrogens with zero attached hydrogens (tertiary/aromatic N) is 1. The maximum atomic E-state index is 12.4. The van der Waals surface area contributed by atoms with E-state index in [1.807, 2.05) is 0 Å². The number of carbonyl (C=O) groups excluding carboxylic acids is 3. The Bertz CT molecular complexity index is 1360. The number of carbonyl (C=O) groups is 3. The molecule has 4 aromatic rings. The fraction of sp³-hybridized carbons (Fsp3) is 0.0769. The number of ether oxygens (including phenoxy) is 2. The fourth-order valence-electron chi connectivity index (χ4n) is 3.04. The van der Waals surface area contributed by atoms with Crippen LogP contribution in [0.5, 0.6) is 11.5 Å². The van der Waals surface area contributed by atoms with Crippen LogP contribution in [-0.4, -0.2) is 30.6 Å². The Morgan fingerprint density at radius 2 is 1.61 bits per heavy atom. The number of amides is 2. The summed E-state index contributed by atoms with van der Waals surface area (Å²) in [4.78, 5) is 36.6. The van der Waals surface area contributed by atoms with Gasteiger partial charge in [0.1, 0.15) is 0 Å². The third-order valence-electron chi connectivity index (χ3n) is 4.72. The largest absolute Gasteiger partial charge is 0.490 e. The van der Waals surface area contributed by atoms with Crippen LogP contribution in [0.15, 0.2) is 93.2 Å². The summed E-state index contributed by atoms with van der Waals surface area (Å²) < 4.78 is 21.0. The monoisotopic (exact) mass is 487 g/mol. The van der Waals surface area contributed by atoms with E-state index >= 15 is 0 Å². The molecule has 0 saturated heterocycles. The molecule has 2 amide bonds. The minimum atomic E-state index is -0.652. The number of furan rings is 2. The van der Waals surface area contributed by atoms with Crippen LogP contribution in [0.25, 0.3) is 0 Å². The van der Waals surface area contributed by atoms with Gasteiger partial charge in [-0.05, 0) is 79.2 Å². The predicted molar refractivity (Wildman–Crippen MR) is 129 cm³/mol. The van der Waals surface area contributed by atoms with Crippen LogP contribution < -0.4 is 20.2 Å². The summed E-state index contributed by atoms with van der Waals surface area (Å²) >= 11 is 0. The van der Waals surface area contributed by atoms with Gasteiger partial charge < -0.3 is 23.6 Å². The quantitative estimate of drug-likeness (QED) is 0.154. The molecule has 0 aliphatic carbocycles. The highest BCUT2D eigenvalue weighted by molar-refractivity contribution is 6.02. The summed E-state index contributed by atoms with van der Waals surface area (Å²) in [5.41, 5.74) is 3.89. The van der Waals surface area contributed by atoms with Crippen LogP contribution in [0.4, 0.5) is 5.69 Å². The van der Waals surface area contributed by atoms with Gasteiger partial charge in [0.2, 0.25) is 5.76 Å². The Balaban J connectivity index is 1.35. The summed E-state index contributed by atoms with van der Waals surface area (Å²) in [6.45, 7) is 2.15. The molecule has 182 valence electrons. The molecule has 0 atom stereocenters. The van der Waals surface area contributed by atoms with Gasteiger partial charge in [0.25, 0.3) is 11.8 Å². The SMILES string of the molecule is CCOc1cc(/C=N\NC(=O)c2ccc(NC(=O)c3ccco3)cc2)ccc1OC(=O)c1ccco1. The van der Waals surface area contributed by atoms with Gasteiger partial charge in [0.15, 0.2) is 17.3 Å². The molecule has 2 aromatic heterocycles. The molecule has 0 bridgehead atoms. The zero-order valence-corrected chi connectivity index (χ0v) is 19.1. The molecule has 0 aliphatic rings. The summed E-state index contributed by atoms with van der Waals surface area (Å²) in [6, 6.07) is 17.4. The second-order valence-electron chi connectivity index (χ2n) is 7.21. The van der Waals surface area contributed by atoms with Crippen molar-refractivity contribution in [3.63, 3.8) is 0 Å². The zero-order valence-electron chi connectivity index (χ0n) is 19.1. The van der Waals surface area contributed by atoms with E-state index in [9.17, 15) is 14.4 Å². The van der Waals surface area contributed by atoms with Gasteiger partial charge in [-0.3, -0.25) is 9.59 Å². The van der Waals surface area contributed by atoms with Gasteiger partial charge >= 0.3 is 5.97 Å². The van der Waals surface area contributed by atoms with Crippen LogP contribution >= 0.6 is 0 Å². The number of hydrogen-bond donors (Lipinski definition) is 2. The first-order valence-electron chi connectivity index (χ1n) is 10.8. The van der Waals surface area contributed by atoms with E-state index in [0.717, 1.165) is 0 Å². The van der Waals surface area contributed by atoms with Crippen LogP contribution in [0.2, 0.25) is 0 Å². The second-order valence-corrected chi connectivity index (χ2v) is 7.21. The van der Waals surface area contributed by atoms with E-state index in [0.29, 0.717) is 29.2 Å². The van der Waals surface area contributed by atoms with E-state index in [1.54, 1.807) is 67.6 Å². The predicted octanol–water partition coefficient (Wildman–Crippen LogP) is 4.51. The molecule has 2 N–H and O–H groups in total. The summed E-state index contributed by atoms with van der Waals surface area (Å²) in [5, 5.41) is 6.64. The van der Waals surface area contributed by atoms with Gasteiger partial charge in [-0.15, -0.1) is 0 Å². The van der Waals surface area contributed by atoms with E-state index in [2.05, 4.69) is 15.8 Å². The Morgan fingerprint density at radius 1 is 0.889 bits per heavy atom. The van der Waals surface area contributed by atoms with Crippen molar-refractivity contribution in [3.05, 3.63) is 102 Å². The highest BCUT2D eigenvalue weighted by atomic mass is 16.6. The average Bonchev–Trinajstić information content (AvgIpc) is 3.61. The molecular weight excluding hydrogens is 466 g/mol. The third-order valence-corrected chi connectivity index (χ3v) is 4.72. The van der Waals surface area contributed by atoms with Gasteiger partial charge in [-0.25, -0.2) is 10.2 Å². The summed E-state index contributed by atoms with van der Waals surface area (Å²) in [5.74, 6) is -0.681. The lowest BCUT2D eigenvalue weighted by molar-refractivity contribution is 0.0694. The summed E-state index contributed by atoms with van der Waals surface area (Å²) in [6.07, 6.45) is 4.21. The van der Waals surface area contributed by atoms with E-state index in [1.165, 1.54) is 24.8 Å². The Labute approximate surface area is 205 Å². The normalized spacial score (nSPS) is 10.7. The molecule has 0 fully saturated rings. The molecule has 10 nitrogen and oxygen atoms in total. The van der Waals surface area contributed by atoms with E-state index in [4.69, 9.17) is 18.3 Å². The smallest absolute Gasteiger partial charge is 0.379 e. The van der Waals surface area contributed by atoms with Crippen molar-refractivity contribution < 1.29 is 32.7 Å². The lowest BCUT2D eigenvalue weighted by atomic mass is 10.2. The Kier molecular flexibility index (Phi) is 7.57. The Hall–Kier alpha value is -5.12. The number of rotatable bonds is 9. The molecule has 0 saturated carbocycles.